The van der Waals surface area contributed by atoms with Crippen molar-refractivity contribution in [3.8, 4) is 0 Å². The summed E-state index contributed by atoms with van der Waals surface area (Å²) in [7, 11) is 0. The Kier molecular flexibility index (Phi) is 3.78. The Morgan fingerprint density at radius 1 is 1.20 bits per heavy atom. The molecule has 0 amide bonds. The SMILES string of the molecule is Nc1ccc(CSc2nc3c(c(=O)[nH]2)CCCC3)cc1. The summed E-state index contributed by atoms with van der Waals surface area (Å²) in [6.07, 6.45) is 4.01. The smallest absolute Gasteiger partial charge is 0.254 e. The quantitative estimate of drug-likeness (QED) is 0.517. The van der Waals surface area contributed by atoms with Gasteiger partial charge >= 0.3 is 0 Å². The molecule has 3 rings (SSSR count). The van der Waals surface area contributed by atoms with Gasteiger partial charge in [0.15, 0.2) is 5.16 Å². The summed E-state index contributed by atoms with van der Waals surface area (Å²) in [5.74, 6) is 0.780. The lowest BCUT2D eigenvalue weighted by Gasteiger charge is -2.14. The molecule has 0 bridgehead atoms. The number of H-pyrrole nitrogens is 1. The molecule has 1 aromatic heterocycles. The second-order valence-electron chi connectivity index (χ2n) is 5.03. The number of fused-ring (bicyclic) bond motifs is 1. The van der Waals surface area contributed by atoms with Gasteiger partial charge in [0.05, 0.1) is 5.69 Å². The molecule has 0 spiro atoms. The molecule has 0 unspecified atom stereocenters. The predicted octanol–water partition coefficient (Wildman–Crippen LogP) is 2.52. The van der Waals surface area contributed by atoms with Crippen molar-refractivity contribution in [1.82, 2.24) is 9.97 Å². The third kappa shape index (κ3) is 2.88. The maximum Gasteiger partial charge on any atom is 0.254 e. The largest absolute Gasteiger partial charge is 0.399 e. The van der Waals surface area contributed by atoms with Crippen molar-refractivity contribution in [2.45, 2.75) is 36.6 Å². The molecular weight excluding hydrogens is 270 g/mol. The van der Waals surface area contributed by atoms with Crippen LogP contribution in [-0.2, 0) is 18.6 Å². The van der Waals surface area contributed by atoms with Crippen molar-refractivity contribution in [2.75, 3.05) is 5.73 Å². The number of rotatable bonds is 3. The zero-order valence-corrected chi connectivity index (χ0v) is 12.0. The van der Waals surface area contributed by atoms with Crippen LogP contribution < -0.4 is 11.3 Å². The molecule has 1 aliphatic carbocycles. The Morgan fingerprint density at radius 3 is 2.75 bits per heavy atom. The lowest BCUT2D eigenvalue weighted by molar-refractivity contribution is 0.641. The summed E-state index contributed by atoms with van der Waals surface area (Å²) in [6, 6.07) is 7.77. The monoisotopic (exact) mass is 287 g/mol. The Labute approximate surface area is 121 Å². The van der Waals surface area contributed by atoms with Gasteiger partial charge in [-0.1, -0.05) is 23.9 Å². The average molecular weight is 287 g/mol. The highest BCUT2D eigenvalue weighted by Gasteiger charge is 2.15. The van der Waals surface area contributed by atoms with Crippen LogP contribution in [0.4, 0.5) is 5.69 Å². The molecular formula is C15H17N3OS. The van der Waals surface area contributed by atoms with E-state index < -0.39 is 0 Å². The fraction of sp³-hybridized carbons (Fsp3) is 0.333. The van der Waals surface area contributed by atoms with Gasteiger partial charge in [0.1, 0.15) is 0 Å². The highest BCUT2D eigenvalue weighted by atomic mass is 32.2. The number of nitrogens with zero attached hydrogens (tertiary/aromatic N) is 1. The number of aromatic nitrogens is 2. The van der Waals surface area contributed by atoms with E-state index in [2.05, 4.69) is 9.97 Å². The lowest BCUT2D eigenvalue weighted by Crippen LogP contribution is -2.21. The summed E-state index contributed by atoms with van der Waals surface area (Å²) in [6.45, 7) is 0. The predicted molar refractivity (Wildman–Crippen MR) is 81.9 cm³/mol. The molecule has 3 N–H and O–H groups in total. The number of nitrogen functional groups attached to an aromatic ring is 1. The van der Waals surface area contributed by atoms with Crippen molar-refractivity contribution >= 4 is 17.4 Å². The van der Waals surface area contributed by atoms with Crippen LogP contribution in [0.2, 0.25) is 0 Å². The number of aromatic amines is 1. The minimum absolute atomic E-state index is 0.0366. The van der Waals surface area contributed by atoms with Crippen molar-refractivity contribution in [3.05, 3.63) is 51.4 Å². The Morgan fingerprint density at radius 2 is 1.95 bits per heavy atom. The van der Waals surface area contributed by atoms with E-state index in [1.807, 2.05) is 24.3 Å². The average Bonchev–Trinajstić information content (AvgIpc) is 2.47. The Bertz CT molecular complexity index is 664. The number of benzene rings is 1. The molecule has 1 heterocycles. The van der Waals surface area contributed by atoms with E-state index in [9.17, 15) is 4.79 Å². The Hall–Kier alpha value is -1.75. The van der Waals surface area contributed by atoms with E-state index in [1.54, 1.807) is 11.8 Å². The summed E-state index contributed by atoms with van der Waals surface area (Å²) >= 11 is 1.56. The maximum absolute atomic E-state index is 12.0. The van der Waals surface area contributed by atoms with Crippen LogP contribution in [0.1, 0.15) is 29.7 Å². The van der Waals surface area contributed by atoms with Crippen LogP contribution in [-0.4, -0.2) is 9.97 Å². The molecule has 0 aliphatic heterocycles. The zero-order valence-electron chi connectivity index (χ0n) is 11.2. The van der Waals surface area contributed by atoms with Crippen LogP contribution in [0.15, 0.2) is 34.2 Å². The number of anilines is 1. The molecule has 0 radical (unpaired) electrons. The van der Waals surface area contributed by atoms with E-state index in [-0.39, 0.29) is 5.56 Å². The van der Waals surface area contributed by atoms with Gasteiger partial charge in [-0.05, 0) is 43.4 Å². The van der Waals surface area contributed by atoms with E-state index in [0.29, 0.717) is 5.16 Å². The van der Waals surface area contributed by atoms with Gasteiger partial charge in [-0.3, -0.25) is 4.79 Å². The third-order valence-corrected chi connectivity index (χ3v) is 4.47. The number of hydrogen-bond acceptors (Lipinski definition) is 4. The first-order valence-corrected chi connectivity index (χ1v) is 7.80. The number of thioether (sulfide) groups is 1. The van der Waals surface area contributed by atoms with Gasteiger partial charge in [0.25, 0.3) is 5.56 Å². The molecule has 2 aromatic rings. The van der Waals surface area contributed by atoms with Crippen LogP contribution in [0.25, 0.3) is 0 Å². The molecule has 0 fully saturated rings. The minimum atomic E-state index is 0.0366. The maximum atomic E-state index is 12.0. The topological polar surface area (TPSA) is 71.8 Å². The number of hydrogen-bond donors (Lipinski definition) is 2. The summed E-state index contributed by atoms with van der Waals surface area (Å²) < 4.78 is 0. The van der Waals surface area contributed by atoms with E-state index in [4.69, 9.17) is 5.73 Å². The first kappa shape index (κ1) is 13.2. The lowest BCUT2D eigenvalue weighted by atomic mass is 9.97. The molecule has 4 nitrogen and oxygen atoms in total. The number of aryl methyl sites for hydroxylation is 1. The zero-order chi connectivity index (χ0) is 13.9. The summed E-state index contributed by atoms with van der Waals surface area (Å²) in [5, 5.41) is 0.715. The Balaban J connectivity index is 1.76. The molecule has 0 atom stereocenters. The molecule has 0 saturated carbocycles. The summed E-state index contributed by atoms with van der Waals surface area (Å²) in [4.78, 5) is 19.5. The molecule has 5 heteroatoms. The van der Waals surface area contributed by atoms with Crippen molar-refractivity contribution < 1.29 is 0 Å². The van der Waals surface area contributed by atoms with E-state index >= 15 is 0 Å². The second kappa shape index (κ2) is 5.71. The first-order valence-electron chi connectivity index (χ1n) is 6.81. The van der Waals surface area contributed by atoms with Gasteiger partial charge < -0.3 is 10.7 Å². The van der Waals surface area contributed by atoms with Gasteiger partial charge in [-0.15, -0.1) is 0 Å². The fourth-order valence-corrected chi connectivity index (χ4v) is 3.25. The fourth-order valence-electron chi connectivity index (χ4n) is 2.41. The standard InChI is InChI=1S/C15H17N3OS/c16-11-7-5-10(6-8-11)9-20-15-17-13-4-2-1-3-12(13)14(19)18-15/h5-8H,1-4,9,16H2,(H,17,18,19). The molecule has 0 saturated heterocycles. The van der Waals surface area contributed by atoms with Crippen molar-refractivity contribution in [2.24, 2.45) is 0 Å². The van der Waals surface area contributed by atoms with E-state index in [1.165, 1.54) is 5.56 Å². The van der Waals surface area contributed by atoms with E-state index in [0.717, 1.165) is 48.4 Å². The van der Waals surface area contributed by atoms with Crippen molar-refractivity contribution in [3.63, 3.8) is 0 Å². The van der Waals surface area contributed by atoms with Gasteiger partial charge in [-0.25, -0.2) is 4.98 Å². The van der Waals surface area contributed by atoms with Crippen LogP contribution in [0.5, 0.6) is 0 Å². The molecule has 1 aliphatic rings. The minimum Gasteiger partial charge on any atom is -0.399 e. The highest BCUT2D eigenvalue weighted by Crippen LogP contribution is 2.22. The normalized spacial score (nSPS) is 14.0. The highest BCUT2D eigenvalue weighted by molar-refractivity contribution is 7.98. The number of nitrogens with one attached hydrogen (secondary N) is 1. The number of nitrogens with two attached hydrogens (primary N) is 1. The third-order valence-electron chi connectivity index (χ3n) is 3.53. The molecule has 104 valence electrons. The second-order valence-corrected chi connectivity index (χ2v) is 6.00. The van der Waals surface area contributed by atoms with Crippen molar-refractivity contribution in [1.29, 1.82) is 0 Å². The van der Waals surface area contributed by atoms with Crippen LogP contribution >= 0.6 is 11.8 Å². The summed E-state index contributed by atoms with van der Waals surface area (Å²) in [5.41, 5.74) is 9.50. The molecule has 20 heavy (non-hydrogen) atoms. The van der Waals surface area contributed by atoms with Gasteiger partial charge in [0, 0.05) is 17.0 Å². The van der Waals surface area contributed by atoms with Gasteiger partial charge in [0.2, 0.25) is 0 Å². The van der Waals surface area contributed by atoms with Crippen LogP contribution in [0.3, 0.4) is 0 Å². The first-order chi connectivity index (χ1) is 9.72. The molecule has 1 aromatic carbocycles. The van der Waals surface area contributed by atoms with Gasteiger partial charge in [-0.2, -0.15) is 0 Å². The van der Waals surface area contributed by atoms with Crippen LogP contribution in [0, 0.1) is 0 Å².